The van der Waals surface area contributed by atoms with E-state index in [1.54, 1.807) is 38.5 Å². The molecule has 2 aromatic rings. The van der Waals surface area contributed by atoms with Crippen LogP contribution in [0.15, 0.2) is 30.3 Å². The van der Waals surface area contributed by atoms with Crippen molar-refractivity contribution in [3.05, 3.63) is 52.1 Å². The SMILES string of the molecule is COc1cc(C)c(COC(=O)/C=C/c2cc(Cl)c(OC)c(OC)c2)cc1OC. The van der Waals surface area contributed by atoms with Gasteiger partial charge >= 0.3 is 5.97 Å². The molecule has 0 bridgehead atoms. The van der Waals surface area contributed by atoms with E-state index in [4.69, 9.17) is 35.3 Å². The van der Waals surface area contributed by atoms with Crippen molar-refractivity contribution in [2.45, 2.75) is 13.5 Å². The topological polar surface area (TPSA) is 63.2 Å². The molecular weight excluding hydrogens is 384 g/mol. The molecule has 0 unspecified atom stereocenters. The first-order valence-corrected chi connectivity index (χ1v) is 8.79. The Morgan fingerprint density at radius 1 is 0.929 bits per heavy atom. The Kier molecular flexibility index (Phi) is 7.58. The van der Waals surface area contributed by atoms with Crippen molar-refractivity contribution >= 4 is 23.6 Å². The van der Waals surface area contributed by atoms with E-state index in [2.05, 4.69) is 0 Å². The van der Waals surface area contributed by atoms with E-state index < -0.39 is 5.97 Å². The molecule has 28 heavy (non-hydrogen) atoms. The molecule has 0 aromatic heterocycles. The minimum Gasteiger partial charge on any atom is -0.493 e. The average Bonchev–Trinajstić information content (AvgIpc) is 2.70. The predicted octanol–water partition coefficient (Wildman–Crippen LogP) is 4.44. The lowest BCUT2D eigenvalue weighted by Gasteiger charge is -2.12. The van der Waals surface area contributed by atoms with Crippen LogP contribution < -0.4 is 18.9 Å². The molecule has 0 atom stereocenters. The number of rotatable bonds is 8. The van der Waals surface area contributed by atoms with Gasteiger partial charge in [-0.15, -0.1) is 0 Å². The second kappa shape index (κ2) is 9.90. The van der Waals surface area contributed by atoms with Gasteiger partial charge in [-0.1, -0.05) is 11.6 Å². The van der Waals surface area contributed by atoms with Crippen LogP contribution in [0.25, 0.3) is 6.08 Å². The number of carbonyl (C=O) groups excluding carboxylic acids is 1. The summed E-state index contributed by atoms with van der Waals surface area (Å²) < 4.78 is 26.3. The predicted molar refractivity (Wildman–Crippen MR) is 108 cm³/mol. The molecule has 0 heterocycles. The smallest absolute Gasteiger partial charge is 0.331 e. The Labute approximate surface area is 169 Å². The van der Waals surface area contributed by atoms with Crippen molar-refractivity contribution in [1.82, 2.24) is 0 Å². The van der Waals surface area contributed by atoms with Crippen LogP contribution in [0.1, 0.15) is 16.7 Å². The van der Waals surface area contributed by atoms with Crippen molar-refractivity contribution in [1.29, 1.82) is 0 Å². The monoisotopic (exact) mass is 406 g/mol. The number of esters is 1. The maximum atomic E-state index is 12.1. The van der Waals surface area contributed by atoms with Gasteiger partial charge < -0.3 is 23.7 Å². The third-order valence-corrected chi connectivity index (χ3v) is 4.36. The van der Waals surface area contributed by atoms with Crippen LogP contribution >= 0.6 is 11.6 Å². The van der Waals surface area contributed by atoms with Gasteiger partial charge in [-0.05, 0) is 54.0 Å². The van der Waals surface area contributed by atoms with E-state index >= 15 is 0 Å². The molecule has 0 aliphatic carbocycles. The average molecular weight is 407 g/mol. The fraction of sp³-hybridized carbons (Fsp3) is 0.286. The third kappa shape index (κ3) is 5.10. The normalized spacial score (nSPS) is 10.6. The second-order valence-corrected chi connectivity index (χ2v) is 6.22. The summed E-state index contributed by atoms with van der Waals surface area (Å²) in [7, 11) is 6.15. The molecule has 0 aliphatic rings. The molecule has 2 rings (SSSR count). The Morgan fingerprint density at radius 3 is 2.18 bits per heavy atom. The second-order valence-electron chi connectivity index (χ2n) is 5.81. The Balaban J connectivity index is 2.08. The molecule has 0 N–H and O–H groups in total. The van der Waals surface area contributed by atoms with Crippen molar-refractivity contribution < 1.29 is 28.5 Å². The molecule has 150 valence electrons. The number of halogens is 1. The summed E-state index contributed by atoms with van der Waals surface area (Å²) in [5.41, 5.74) is 2.44. The summed E-state index contributed by atoms with van der Waals surface area (Å²) >= 11 is 6.16. The largest absolute Gasteiger partial charge is 0.493 e. The standard InChI is InChI=1S/C21H23ClO6/c1-13-8-17(24-2)18(25-3)11-15(13)12-28-20(23)7-6-14-9-16(22)21(27-5)19(10-14)26-4/h6-11H,12H2,1-5H3/b7-6+. The highest BCUT2D eigenvalue weighted by Gasteiger charge is 2.11. The molecule has 0 fully saturated rings. The van der Waals surface area contributed by atoms with Crippen molar-refractivity contribution in [3.63, 3.8) is 0 Å². The van der Waals surface area contributed by atoms with Crippen LogP contribution in [-0.4, -0.2) is 34.4 Å². The lowest BCUT2D eigenvalue weighted by molar-refractivity contribution is -0.138. The summed E-state index contributed by atoms with van der Waals surface area (Å²) in [5, 5.41) is 0.385. The van der Waals surface area contributed by atoms with Gasteiger partial charge in [0.05, 0.1) is 33.5 Å². The molecule has 0 radical (unpaired) electrons. The van der Waals surface area contributed by atoms with E-state index in [9.17, 15) is 4.79 Å². The van der Waals surface area contributed by atoms with Crippen LogP contribution in [0.5, 0.6) is 23.0 Å². The van der Waals surface area contributed by atoms with E-state index in [-0.39, 0.29) is 6.61 Å². The summed E-state index contributed by atoms with van der Waals surface area (Å²) in [6, 6.07) is 7.01. The fourth-order valence-corrected chi connectivity index (χ4v) is 2.87. The van der Waals surface area contributed by atoms with Gasteiger partial charge in [0.1, 0.15) is 6.61 Å². The molecule has 6 nitrogen and oxygen atoms in total. The lowest BCUT2D eigenvalue weighted by Crippen LogP contribution is -2.03. The molecule has 0 aliphatic heterocycles. The molecule has 0 saturated carbocycles. The summed E-state index contributed by atoms with van der Waals surface area (Å²) in [5.74, 6) is 1.63. The number of methoxy groups -OCH3 is 4. The van der Waals surface area contributed by atoms with Crippen LogP contribution in [0.4, 0.5) is 0 Å². The number of benzene rings is 2. The Bertz CT molecular complexity index is 876. The van der Waals surface area contributed by atoms with E-state index in [1.165, 1.54) is 20.3 Å². The first-order valence-electron chi connectivity index (χ1n) is 8.41. The minimum atomic E-state index is -0.486. The summed E-state index contributed by atoms with van der Waals surface area (Å²) in [6.45, 7) is 2.02. The van der Waals surface area contributed by atoms with Crippen LogP contribution in [0.3, 0.4) is 0 Å². The van der Waals surface area contributed by atoms with Gasteiger partial charge in [0, 0.05) is 6.08 Å². The maximum Gasteiger partial charge on any atom is 0.331 e. The Morgan fingerprint density at radius 2 is 1.57 bits per heavy atom. The molecule has 0 amide bonds. The lowest BCUT2D eigenvalue weighted by atomic mass is 10.1. The van der Waals surface area contributed by atoms with Gasteiger partial charge in [-0.3, -0.25) is 0 Å². The highest BCUT2D eigenvalue weighted by Crippen LogP contribution is 2.36. The zero-order chi connectivity index (χ0) is 20.7. The quantitative estimate of drug-likeness (QED) is 0.477. The van der Waals surface area contributed by atoms with Crippen molar-refractivity contribution in [3.8, 4) is 23.0 Å². The first kappa shape index (κ1) is 21.4. The molecule has 0 spiro atoms. The molecule has 7 heteroatoms. The number of ether oxygens (including phenoxy) is 5. The molecular formula is C21H23ClO6. The first-order chi connectivity index (χ1) is 13.4. The van der Waals surface area contributed by atoms with Crippen molar-refractivity contribution in [2.24, 2.45) is 0 Å². The van der Waals surface area contributed by atoms with Gasteiger partial charge in [-0.2, -0.15) is 0 Å². The van der Waals surface area contributed by atoms with Crippen LogP contribution in [-0.2, 0) is 16.1 Å². The van der Waals surface area contributed by atoms with Gasteiger partial charge in [0.2, 0.25) is 0 Å². The van der Waals surface area contributed by atoms with E-state index in [0.29, 0.717) is 33.6 Å². The zero-order valence-corrected chi connectivity index (χ0v) is 17.3. The van der Waals surface area contributed by atoms with E-state index in [0.717, 1.165) is 11.1 Å². The number of hydrogen-bond acceptors (Lipinski definition) is 6. The van der Waals surface area contributed by atoms with Crippen LogP contribution in [0.2, 0.25) is 5.02 Å². The highest BCUT2D eigenvalue weighted by atomic mass is 35.5. The molecule has 2 aromatic carbocycles. The van der Waals surface area contributed by atoms with Crippen LogP contribution in [0, 0.1) is 6.92 Å². The van der Waals surface area contributed by atoms with Gasteiger partial charge in [0.15, 0.2) is 23.0 Å². The minimum absolute atomic E-state index is 0.113. The third-order valence-electron chi connectivity index (χ3n) is 4.08. The van der Waals surface area contributed by atoms with Crippen molar-refractivity contribution in [2.75, 3.05) is 28.4 Å². The van der Waals surface area contributed by atoms with E-state index in [1.807, 2.05) is 13.0 Å². The fourth-order valence-electron chi connectivity index (χ4n) is 2.57. The number of hydrogen-bond donors (Lipinski definition) is 0. The van der Waals surface area contributed by atoms with Gasteiger partial charge in [0.25, 0.3) is 0 Å². The zero-order valence-electron chi connectivity index (χ0n) is 16.5. The Hall–Kier alpha value is -2.86. The highest BCUT2D eigenvalue weighted by molar-refractivity contribution is 6.32. The number of aryl methyl sites for hydroxylation is 1. The molecule has 0 saturated heterocycles. The summed E-state index contributed by atoms with van der Waals surface area (Å²) in [4.78, 5) is 12.1. The summed E-state index contributed by atoms with van der Waals surface area (Å²) in [6.07, 6.45) is 2.92. The number of carbonyl (C=O) groups is 1. The maximum absolute atomic E-state index is 12.1. The van der Waals surface area contributed by atoms with Gasteiger partial charge in [-0.25, -0.2) is 4.79 Å².